The average molecular weight is 1890 g/mol. The molecule has 34 heteroatoms. The van der Waals surface area contributed by atoms with Crippen molar-refractivity contribution in [3.8, 4) is 0 Å². The number of carbonyl (C=O) groups is 3. The fourth-order valence-corrected chi connectivity index (χ4v) is 24.5. The maximum atomic E-state index is 14.1. The Labute approximate surface area is 784 Å². The molecule has 734 valence electrons. The van der Waals surface area contributed by atoms with Gasteiger partial charge in [0.05, 0.1) is 39.1 Å². The number of likely N-dealkylation sites (tertiary alicyclic amines) is 6. The summed E-state index contributed by atoms with van der Waals surface area (Å²) in [6.45, 7) is 19.5. The van der Waals surface area contributed by atoms with E-state index in [1.807, 2.05) is 16.7 Å². The van der Waals surface area contributed by atoms with Crippen molar-refractivity contribution in [1.29, 1.82) is 0 Å². The van der Waals surface area contributed by atoms with Crippen LogP contribution < -0.4 is 34.0 Å². The Hall–Kier alpha value is -7.91. The first-order valence-corrected chi connectivity index (χ1v) is 49.4. The molecule has 15 aliphatic heterocycles. The summed E-state index contributed by atoms with van der Waals surface area (Å²) in [4.78, 5) is 60.2. The monoisotopic (exact) mass is 1890 g/mol. The smallest absolute Gasteiger partial charge is 0.317 e. The van der Waals surface area contributed by atoms with Crippen LogP contribution in [0.4, 0.5) is 48.7 Å². The Kier molecular flexibility index (Phi) is 29.2. The second-order valence-corrected chi connectivity index (χ2v) is 41.5. The van der Waals surface area contributed by atoms with Crippen molar-refractivity contribution < 1.29 is 82.0 Å². The highest BCUT2D eigenvalue weighted by Gasteiger charge is 2.53. The number of nitrogens with zero attached hydrogens (tertiary/aromatic N) is 10. The van der Waals surface area contributed by atoms with Crippen molar-refractivity contribution >= 4 is 17.8 Å². The molecule has 14 fully saturated rings. The van der Waals surface area contributed by atoms with Gasteiger partial charge in [-0.25, -0.2) is 48.7 Å². The SMILES string of the molecule is CCC(=O)N1CCC2CN([C@H]3CO[C@H](c4cc(F)ccc4F)[C@@H](N)C3)CC21.CN1CCC2=C1CN([C@H]1CO[C@H](c3cc(F)ccc3F)[C@@H](N)C1)C2.N[C@H]1C[C@@H](N2CC3=C(C2)N(CC2CC2)CC3)CO[C@@H]1c1cc(F)ccc1F.N[C@H]1C[C@@H](N2CC3CCN(C(=O)C4CC4)C3C2)CO[C@@H]1c1cc(F)ccc1F.N[C@H]1C[C@@H](N2CC3CCN(C(=O)NC4CC4)C3C2)CO[C@@H]1c1cc(F)ccc1F. The zero-order chi connectivity index (χ0) is 94.1. The number of ether oxygens (including phenoxy) is 5. The summed E-state index contributed by atoms with van der Waals surface area (Å²) in [6.07, 6.45) is 13.4. The number of nitrogens with two attached hydrogens (primary N) is 5. The fraction of sp³-hybridized carbons (Fsp3) is 0.634. The molecule has 15 heterocycles. The number of hydrogen-bond acceptors (Lipinski definition) is 20. The van der Waals surface area contributed by atoms with E-state index in [9.17, 15) is 58.3 Å². The van der Waals surface area contributed by atoms with E-state index in [1.54, 1.807) is 5.57 Å². The molecule has 3 saturated carbocycles. The summed E-state index contributed by atoms with van der Waals surface area (Å²) in [5.74, 6) is -1.50. The number of carbonyl (C=O) groups excluding carboxylic acids is 3. The van der Waals surface area contributed by atoms with Gasteiger partial charge >= 0.3 is 6.03 Å². The van der Waals surface area contributed by atoms with Gasteiger partial charge in [-0.15, -0.1) is 0 Å². The normalized spacial score (nSPS) is 33.6. The number of urea groups is 1. The number of hydrogen-bond donors (Lipinski definition) is 6. The van der Waals surface area contributed by atoms with Crippen LogP contribution in [0, 0.1) is 87.8 Å². The molecule has 0 aromatic heterocycles. The number of nitrogens with one attached hydrogen (secondary N) is 1. The number of likely N-dealkylation sites (N-methyl/N-ethyl adjacent to an activating group) is 1. The van der Waals surface area contributed by atoms with Crippen molar-refractivity contribution in [2.24, 2.45) is 58.3 Å². The minimum atomic E-state index is -0.634. The first-order valence-electron chi connectivity index (χ1n) is 49.4. The largest absolute Gasteiger partial charge is 0.377 e. The van der Waals surface area contributed by atoms with Crippen molar-refractivity contribution in [2.45, 2.75) is 231 Å². The average Bonchev–Trinajstić information content (AvgIpc) is 1.59. The Morgan fingerprint density at radius 2 is 0.711 bits per heavy atom. The van der Waals surface area contributed by atoms with E-state index in [-0.39, 0.29) is 106 Å². The predicted octanol–water partition coefficient (Wildman–Crippen LogP) is 11.0. The third kappa shape index (κ3) is 21.3. The van der Waals surface area contributed by atoms with Gasteiger partial charge in [0.1, 0.15) is 88.7 Å². The molecular formula is C101H132F10N16O8. The first-order chi connectivity index (χ1) is 65.1. The van der Waals surface area contributed by atoms with Gasteiger partial charge in [0.25, 0.3) is 0 Å². The number of rotatable bonds is 15. The molecule has 11 N–H and O–H groups in total. The minimum Gasteiger partial charge on any atom is -0.377 e. The third-order valence-electron chi connectivity index (χ3n) is 32.4. The summed E-state index contributed by atoms with van der Waals surface area (Å²) in [5.41, 5.74) is 38.6. The number of benzene rings is 5. The van der Waals surface area contributed by atoms with Crippen LogP contribution in [-0.2, 0) is 33.3 Å². The Morgan fingerprint density at radius 3 is 1.06 bits per heavy atom. The van der Waals surface area contributed by atoms with Crippen LogP contribution in [0.2, 0.25) is 0 Å². The van der Waals surface area contributed by atoms with E-state index in [0.717, 1.165) is 222 Å². The number of halogens is 10. The first kappa shape index (κ1) is 96.0. The molecule has 11 saturated heterocycles. The van der Waals surface area contributed by atoms with Crippen LogP contribution in [0.15, 0.2) is 114 Å². The molecular weight excluding hydrogens is 1760 g/mol. The quantitative estimate of drug-likeness (QED) is 0.0532. The zero-order valence-electron chi connectivity index (χ0n) is 77.3. The molecule has 0 radical (unpaired) electrons. The van der Waals surface area contributed by atoms with Crippen LogP contribution in [0.5, 0.6) is 0 Å². The Balaban J connectivity index is 0.000000109. The lowest BCUT2D eigenvalue weighted by atomic mass is 9.93. The standard InChI is InChI=1S/C21H28F2N4O2.C21H27F2N3O2.C21H27F2N3O.C20H27F2N3O2.C18H23F2N3O/c22-13-1-4-17(23)16(7-13)20-18(24)8-15(11-29-20)26-9-12-5-6-27(19(12)10-26)21(28)25-14-2-3-14;22-14-3-4-17(23)16(7-14)20-18(24)8-15(11-28-20)25-9-13-5-6-26(19(13)10-25)21(27)12-1-2-12;22-15-3-4-18(23)17(7-15)21-19(24)8-16(12-27-21)26-10-14-5-6-25(20(14)11-26)9-13-1-2-13;1-2-19(26)25-6-5-12-9-24(10-18(12)25)14-8-17(23)20(27-11-14)15-7-13(21)3-4-16(15)22;1-22-5-4-11-8-23(9-17(11)22)13-7-16(21)18(24-10-13)14-6-12(19)2-3-15(14)20/h1,4,7,12,14-15,18-20H,2-3,5-6,8-11,24H2,(H,25,28);3-4,7,12-13,15,18-20H,1-2,5-6,8-11,24H2;3-4,7,13,16,19,21H,1-2,5-6,8-12,24H2;3-4,7,12,14,17-18,20H,2,5-6,8-11,23H2,1H3;2-3,6,13,16,18H,4-5,7-10,21H2,1H3/t12?,15-,18+,19?,20-;13?,15-,18+,19?,20-;16-,19+,21-;12?,14-,17+,18?,20-;13-,16+,18-/m11111/s1. The summed E-state index contributed by atoms with van der Waals surface area (Å²) in [7, 11) is 2.14. The highest BCUT2D eigenvalue weighted by molar-refractivity contribution is 5.82. The highest BCUT2D eigenvalue weighted by atomic mass is 19.2. The number of amides is 4. The highest BCUT2D eigenvalue weighted by Crippen LogP contribution is 2.46. The van der Waals surface area contributed by atoms with Crippen LogP contribution in [-0.4, -0.2) is 296 Å². The summed E-state index contributed by atoms with van der Waals surface area (Å²) >= 11 is 0. The zero-order valence-corrected chi connectivity index (χ0v) is 77.3. The molecule has 5 aromatic carbocycles. The van der Waals surface area contributed by atoms with Gasteiger partial charge in [-0.1, -0.05) is 6.92 Å². The molecule has 0 spiro atoms. The van der Waals surface area contributed by atoms with Crippen molar-refractivity contribution in [3.05, 3.63) is 200 Å². The van der Waals surface area contributed by atoms with Gasteiger partial charge in [0.15, 0.2) is 0 Å². The summed E-state index contributed by atoms with van der Waals surface area (Å²) < 4.78 is 168. The van der Waals surface area contributed by atoms with Crippen molar-refractivity contribution in [2.75, 3.05) is 145 Å². The van der Waals surface area contributed by atoms with Crippen LogP contribution in [0.1, 0.15) is 174 Å². The van der Waals surface area contributed by atoms with E-state index in [2.05, 4.69) is 51.6 Å². The molecule has 135 heavy (non-hydrogen) atoms. The fourth-order valence-electron chi connectivity index (χ4n) is 24.5. The predicted molar refractivity (Wildman–Crippen MR) is 486 cm³/mol. The lowest BCUT2D eigenvalue weighted by Gasteiger charge is -2.39. The lowest BCUT2D eigenvalue weighted by molar-refractivity contribution is -0.133. The minimum absolute atomic E-state index is 0.0695. The van der Waals surface area contributed by atoms with Crippen LogP contribution in [0.25, 0.3) is 0 Å². The summed E-state index contributed by atoms with van der Waals surface area (Å²) in [5, 5.41) is 3.10. The van der Waals surface area contributed by atoms with Crippen LogP contribution in [0.3, 0.4) is 0 Å². The molecule has 6 unspecified atom stereocenters. The molecule has 23 rings (SSSR count). The molecule has 24 nitrogen and oxygen atoms in total. The molecule has 18 aliphatic rings. The topological polar surface area (TPSA) is 272 Å². The third-order valence-corrected chi connectivity index (χ3v) is 32.4. The van der Waals surface area contributed by atoms with Gasteiger partial charge < -0.3 is 82.2 Å². The second-order valence-electron chi connectivity index (χ2n) is 41.5. The van der Waals surface area contributed by atoms with E-state index in [0.29, 0.717) is 94.5 Å². The van der Waals surface area contributed by atoms with E-state index in [1.165, 1.54) is 79.7 Å². The van der Waals surface area contributed by atoms with Crippen LogP contribution >= 0.6 is 0 Å². The Morgan fingerprint density at radius 1 is 0.378 bits per heavy atom. The molecule has 3 aliphatic carbocycles. The van der Waals surface area contributed by atoms with E-state index in [4.69, 9.17) is 52.4 Å². The number of fused-ring (bicyclic) bond motifs is 3. The van der Waals surface area contributed by atoms with Crippen molar-refractivity contribution in [1.82, 2.24) is 54.3 Å². The van der Waals surface area contributed by atoms with Gasteiger partial charge in [-0.3, -0.25) is 34.1 Å². The van der Waals surface area contributed by atoms with E-state index >= 15 is 0 Å². The lowest BCUT2D eigenvalue weighted by Crippen LogP contribution is -2.50. The van der Waals surface area contributed by atoms with Gasteiger partial charge in [0, 0.05) is 242 Å². The van der Waals surface area contributed by atoms with Gasteiger partial charge in [-0.05, 0) is 229 Å². The van der Waals surface area contributed by atoms with Crippen molar-refractivity contribution in [3.63, 3.8) is 0 Å². The van der Waals surface area contributed by atoms with Gasteiger partial charge in [0.2, 0.25) is 11.8 Å². The van der Waals surface area contributed by atoms with Gasteiger partial charge in [-0.2, -0.15) is 0 Å². The maximum absolute atomic E-state index is 14.1. The Bertz CT molecular complexity index is 5160. The maximum Gasteiger partial charge on any atom is 0.317 e. The molecule has 5 aromatic rings. The van der Waals surface area contributed by atoms with E-state index < -0.39 is 101 Å². The summed E-state index contributed by atoms with van der Waals surface area (Å²) in [6, 6.07) is 17.5. The molecule has 0 bridgehead atoms. The molecule has 4 amide bonds. The molecule has 21 atom stereocenters. The second kappa shape index (κ2) is 41.1.